The van der Waals surface area contributed by atoms with E-state index >= 15 is 0 Å². The molecule has 2 aromatic rings. The normalized spacial score (nSPS) is 13.9. The summed E-state index contributed by atoms with van der Waals surface area (Å²) >= 11 is 1.73. The Kier molecular flexibility index (Phi) is 6.81. The summed E-state index contributed by atoms with van der Waals surface area (Å²) in [5.74, 6) is -0.433. The molecular weight excluding hydrogens is 374 g/mol. The molecule has 3 rings (SSSR count). The van der Waals surface area contributed by atoms with Gasteiger partial charge in [0.2, 0.25) is 0 Å². The predicted molar refractivity (Wildman–Crippen MR) is 113 cm³/mol. The van der Waals surface area contributed by atoms with Gasteiger partial charge in [-0.25, -0.2) is 9.59 Å². The molecule has 148 valence electrons. The van der Waals surface area contributed by atoms with E-state index in [2.05, 4.69) is 28.6 Å². The van der Waals surface area contributed by atoms with Gasteiger partial charge in [-0.05, 0) is 37.4 Å². The van der Waals surface area contributed by atoms with Gasteiger partial charge in [0.05, 0.1) is 23.5 Å². The zero-order valence-electron chi connectivity index (χ0n) is 16.2. The highest BCUT2D eigenvalue weighted by molar-refractivity contribution is 7.98. The van der Waals surface area contributed by atoms with Crippen molar-refractivity contribution in [3.63, 3.8) is 0 Å². The minimum absolute atomic E-state index is 0.199. The number of para-hydroxylation sites is 2. The van der Waals surface area contributed by atoms with Gasteiger partial charge in [-0.1, -0.05) is 24.3 Å². The number of benzene rings is 2. The van der Waals surface area contributed by atoms with Gasteiger partial charge >= 0.3 is 12.0 Å². The van der Waals surface area contributed by atoms with Crippen LogP contribution in [0.4, 0.5) is 16.2 Å². The number of piperazine rings is 1. The molecule has 7 heteroatoms. The van der Waals surface area contributed by atoms with E-state index in [1.54, 1.807) is 47.9 Å². The van der Waals surface area contributed by atoms with Crippen LogP contribution in [0.1, 0.15) is 17.3 Å². The number of esters is 1. The van der Waals surface area contributed by atoms with Gasteiger partial charge in [0.15, 0.2) is 0 Å². The fourth-order valence-corrected chi connectivity index (χ4v) is 3.84. The summed E-state index contributed by atoms with van der Waals surface area (Å²) in [7, 11) is 0. The maximum Gasteiger partial charge on any atom is 0.340 e. The molecule has 0 aliphatic carbocycles. The number of rotatable bonds is 5. The van der Waals surface area contributed by atoms with Crippen molar-refractivity contribution in [3.05, 3.63) is 54.1 Å². The van der Waals surface area contributed by atoms with E-state index in [4.69, 9.17) is 4.74 Å². The molecule has 1 fully saturated rings. The van der Waals surface area contributed by atoms with Gasteiger partial charge in [0.25, 0.3) is 0 Å². The second kappa shape index (κ2) is 9.50. The first-order chi connectivity index (χ1) is 13.6. The number of thioether (sulfide) groups is 1. The smallest absolute Gasteiger partial charge is 0.340 e. The Morgan fingerprint density at radius 3 is 2.43 bits per heavy atom. The first kappa shape index (κ1) is 20.1. The van der Waals surface area contributed by atoms with Crippen LogP contribution in [-0.4, -0.2) is 55.9 Å². The van der Waals surface area contributed by atoms with Crippen LogP contribution in [0, 0.1) is 0 Å². The number of nitrogens with zero attached hydrogens (tertiary/aromatic N) is 2. The van der Waals surface area contributed by atoms with Gasteiger partial charge in [-0.15, -0.1) is 11.8 Å². The molecule has 1 aliphatic rings. The zero-order valence-corrected chi connectivity index (χ0v) is 17.0. The first-order valence-corrected chi connectivity index (χ1v) is 10.6. The van der Waals surface area contributed by atoms with E-state index < -0.39 is 5.97 Å². The maximum absolute atomic E-state index is 12.7. The molecule has 0 unspecified atom stereocenters. The summed E-state index contributed by atoms with van der Waals surface area (Å²) in [5.41, 5.74) is 2.05. The van der Waals surface area contributed by atoms with E-state index in [0.29, 0.717) is 30.9 Å². The topological polar surface area (TPSA) is 61.9 Å². The molecule has 28 heavy (non-hydrogen) atoms. The molecule has 6 nitrogen and oxygen atoms in total. The number of hydrogen-bond acceptors (Lipinski definition) is 5. The van der Waals surface area contributed by atoms with Crippen LogP contribution < -0.4 is 10.2 Å². The van der Waals surface area contributed by atoms with Crippen LogP contribution in [0.5, 0.6) is 0 Å². The lowest BCUT2D eigenvalue weighted by atomic mass is 10.2. The van der Waals surface area contributed by atoms with Gasteiger partial charge < -0.3 is 19.9 Å². The number of urea groups is 1. The van der Waals surface area contributed by atoms with Crippen LogP contribution in [0.15, 0.2) is 53.4 Å². The zero-order chi connectivity index (χ0) is 19.9. The molecule has 1 aliphatic heterocycles. The molecule has 0 saturated carbocycles. The molecule has 2 amide bonds. The Balaban J connectivity index is 1.63. The lowest BCUT2D eigenvalue weighted by molar-refractivity contribution is 0.0527. The summed E-state index contributed by atoms with van der Waals surface area (Å²) in [6, 6.07) is 15.0. The largest absolute Gasteiger partial charge is 0.462 e. The fourth-order valence-electron chi connectivity index (χ4n) is 3.21. The van der Waals surface area contributed by atoms with Gasteiger partial charge in [-0.2, -0.15) is 0 Å². The van der Waals surface area contributed by atoms with E-state index in [-0.39, 0.29) is 6.03 Å². The fraction of sp³-hybridized carbons (Fsp3) is 0.333. The average molecular weight is 400 g/mol. The van der Waals surface area contributed by atoms with Crippen LogP contribution >= 0.6 is 11.8 Å². The Bertz CT molecular complexity index is 835. The molecule has 0 radical (unpaired) electrons. The van der Waals surface area contributed by atoms with Crippen molar-refractivity contribution in [2.24, 2.45) is 0 Å². The number of carbonyl (C=O) groups is 2. The van der Waals surface area contributed by atoms with Crippen LogP contribution in [0.25, 0.3) is 0 Å². The molecule has 1 N–H and O–H groups in total. The molecule has 0 atom stereocenters. The van der Waals surface area contributed by atoms with Gasteiger partial charge in [0.1, 0.15) is 0 Å². The monoisotopic (exact) mass is 399 g/mol. The van der Waals surface area contributed by atoms with Crippen molar-refractivity contribution in [2.75, 3.05) is 49.3 Å². The van der Waals surface area contributed by atoms with E-state index in [0.717, 1.165) is 13.1 Å². The van der Waals surface area contributed by atoms with E-state index in [9.17, 15) is 9.59 Å². The maximum atomic E-state index is 12.7. The second-order valence-corrected chi connectivity index (χ2v) is 7.19. The minimum atomic E-state index is -0.433. The second-order valence-electron chi connectivity index (χ2n) is 6.34. The average Bonchev–Trinajstić information content (AvgIpc) is 2.74. The first-order valence-electron chi connectivity index (χ1n) is 9.34. The van der Waals surface area contributed by atoms with Crippen molar-refractivity contribution >= 4 is 35.1 Å². The molecule has 1 heterocycles. The summed E-state index contributed by atoms with van der Waals surface area (Å²) in [5, 5.41) is 2.86. The third-order valence-corrected chi connectivity index (χ3v) is 5.44. The molecule has 0 aromatic heterocycles. The quantitative estimate of drug-likeness (QED) is 0.610. The molecular formula is C21H25N3O3S. The third kappa shape index (κ3) is 4.59. The van der Waals surface area contributed by atoms with Crippen LogP contribution in [0.2, 0.25) is 0 Å². The Morgan fingerprint density at radius 2 is 1.71 bits per heavy atom. The predicted octanol–water partition coefficient (Wildman–Crippen LogP) is 3.94. The van der Waals surface area contributed by atoms with Crippen molar-refractivity contribution in [1.29, 1.82) is 0 Å². The summed E-state index contributed by atoms with van der Waals surface area (Å²) in [6.07, 6.45) is 2.07. The number of nitrogens with one attached hydrogen (secondary N) is 1. The lowest BCUT2D eigenvalue weighted by Gasteiger charge is -2.36. The highest BCUT2D eigenvalue weighted by Crippen LogP contribution is 2.29. The SMILES string of the molecule is CCOC(=O)c1ccccc1NC(=O)N1CCN(c2ccccc2SC)CC1. The Hall–Kier alpha value is -2.67. The molecule has 1 saturated heterocycles. The number of hydrogen-bond donors (Lipinski definition) is 1. The Labute approximate surface area is 169 Å². The number of amides is 2. The summed E-state index contributed by atoms with van der Waals surface area (Å²) in [4.78, 5) is 30.1. The van der Waals surface area contributed by atoms with Gasteiger partial charge in [-0.3, -0.25) is 0 Å². The van der Waals surface area contributed by atoms with E-state index in [1.165, 1.54) is 10.6 Å². The van der Waals surface area contributed by atoms with E-state index in [1.807, 2.05) is 12.1 Å². The lowest BCUT2D eigenvalue weighted by Crippen LogP contribution is -2.50. The standard InChI is InChI=1S/C21H25N3O3S/c1-3-27-20(25)16-8-4-5-9-17(16)22-21(26)24-14-12-23(13-15-24)18-10-6-7-11-19(18)28-2/h4-11H,3,12-15H2,1-2H3,(H,22,26). The molecule has 2 aromatic carbocycles. The van der Waals surface area contributed by atoms with Crippen LogP contribution in [-0.2, 0) is 4.74 Å². The highest BCUT2D eigenvalue weighted by atomic mass is 32.2. The number of anilines is 2. The van der Waals surface area contributed by atoms with Crippen LogP contribution in [0.3, 0.4) is 0 Å². The van der Waals surface area contributed by atoms with Crippen molar-refractivity contribution in [2.45, 2.75) is 11.8 Å². The van der Waals surface area contributed by atoms with Gasteiger partial charge in [0, 0.05) is 31.1 Å². The van der Waals surface area contributed by atoms with Crippen molar-refractivity contribution in [1.82, 2.24) is 4.90 Å². The van der Waals surface area contributed by atoms with Crippen molar-refractivity contribution < 1.29 is 14.3 Å². The van der Waals surface area contributed by atoms with Crippen molar-refractivity contribution in [3.8, 4) is 0 Å². The molecule has 0 spiro atoms. The third-order valence-electron chi connectivity index (χ3n) is 4.66. The number of ether oxygens (including phenoxy) is 1. The molecule has 0 bridgehead atoms. The summed E-state index contributed by atoms with van der Waals surface area (Å²) in [6.45, 7) is 4.83. The minimum Gasteiger partial charge on any atom is -0.462 e. The summed E-state index contributed by atoms with van der Waals surface area (Å²) < 4.78 is 5.07. The number of carbonyl (C=O) groups excluding carboxylic acids is 2. The Morgan fingerprint density at radius 1 is 1.04 bits per heavy atom. The highest BCUT2D eigenvalue weighted by Gasteiger charge is 2.23.